The molecule has 1 saturated heterocycles. The van der Waals surface area contributed by atoms with Crippen molar-refractivity contribution in [2.75, 3.05) is 17.8 Å². The summed E-state index contributed by atoms with van der Waals surface area (Å²) >= 11 is 0. The number of anilines is 1. The normalized spacial score (nSPS) is 27.3. The van der Waals surface area contributed by atoms with Crippen molar-refractivity contribution >= 4 is 14.2 Å². The van der Waals surface area contributed by atoms with E-state index in [1.54, 1.807) is 0 Å². The molecule has 0 spiro atoms. The van der Waals surface area contributed by atoms with Crippen molar-refractivity contribution in [3.63, 3.8) is 0 Å². The topological polar surface area (TPSA) is 21.7 Å². The Hall–Kier alpha value is -0.630. The molecule has 0 aromatic heterocycles. The van der Waals surface area contributed by atoms with Crippen LogP contribution in [0, 0.1) is 0 Å². The first-order chi connectivity index (χ1) is 7.75. The van der Waals surface area contributed by atoms with E-state index in [1.165, 1.54) is 11.3 Å². The minimum absolute atomic E-state index is 0.218. The predicted molar refractivity (Wildman–Crippen MR) is 65.6 cm³/mol. The van der Waals surface area contributed by atoms with E-state index in [1.807, 2.05) is 0 Å². The lowest BCUT2D eigenvalue weighted by atomic mass is 10.0. The first-order valence-corrected chi connectivity index (χ1v) is 6.85. The van der Waals surface area contributed by atoms with E-state index in [9.17, 15) is 0 Å². The molecule has 2 atom stereocenters. The van der Waals surface area contributed by atoms with E-state index in [2.05, 4.69) is 42.8 Å². The fraction of sp³-hybridized carbons (Fsp3) is 0.500. The van der Waals surface area contributed by atoms with Crippen LogP contribution in [0.3, 0.4) is 0 Å². The SMILES string of the molecule is CC(C)OP1OC[C@@H]2CN1c1ccccc12. The molecule has 0 radical (unpaired) electrons. The van der Waals surface area contributed by atoms with Gasteiger partial charge < -0.3 is 13.7 Å². The molecular weight excluding hydrogens is 221 g/mol. The van der Waals surface area contributed by atoms with E-state index >= 15 is 0 Å². The zero-order valence-corrected chi connectivity index (χ0v) is 10.5. The lowest BCUT2D eigenvalue weighted by molar-refractivity contribution is 0.189. The number of hydrogen-bond donors (Lipinski definition) is 0. The lowest BCUT2D eigenvalue weighted by Crippen LogP contribution is -2.26. The summed E-state index contributed by atoms with van der Waals surface area (Å²) in [6, 6.07) is 8.56. The molecule has 2 heterocycles. The van der Waals surface area contributed by atoms with Crippen molar-refractivity contribution in [2.24, 2.45) is 0 Å². The summed E-state index contributed by atoms with van der Waals surface area (Å²) in [5.41, 5.74) is 2.72. The van der Waals surface area contributed by atoms with E-state index < -0.39 is 8.53 Å². The highest BCUT2D eigenvalue weighted by molar-refractivity contribution is 7.49. The summed E-state index contributed by atoms with van der Waals surface area (Å²) in [7, 11) is -0.886. The Labute approximate surface area is 97.3 Å². The van der Waals surface area contributed by atoms with Crippen molar-refractivity contribution < 1.29 is 9.05 Å². The fourth-order valence-electron chi connectivity index (χ4n) is 2.26. The van der Waals surface area contributed by atoms with Crippen LogP contribution in [0.25, 0.3) is 0 Å². The fourth-order valence-corrected chi connectivity index (χ4v) is 3.93. The number of benzene rings is 1. The number of para-hydroxylation sites is 1. The Morgan fingerprint density at radius 3 is 3.06 bits per heavy atom. The summed E-state index contributed by atoms with van der Waals surface area (Å²) in [6.07, 6.45) is 0.218. The monoisotopic (exact) mass is 237 g/mol. The van der Waals surface area contributed by atoms with Gasteiger partial charge in [-0.05, 0) is 25.5 Å². The minimum Gasteiger partial charge on any atom is -0.317 e. The molecular formula is C12H16NO2P. The molecule has 16 heavy (non-hydrogen) atoms. The van der Waals surface area contributed by atoms with Crippen LogP contribution in [0.5, 0.6) is 0 Å². The largest absolute Gasteiger partial charge is 0.317 e. The molecule has 3 nitrogen and oxygen atoms in total. The molecule has 3 rings (SSSR count). The molecule has 1 aromatic rings. The average Bonchev–Trinajstić information content (AvgIpc) is 2.58. The highest BCUT2D eigenvalue weighted by Crippen LogP contribution is 2.57. The Kier molecular flexibility index (Phi) is 2.62. The molecule has 0 N–H and O–H groups in total. The average molecular weight is 237 g/mol. The van der Waals surface area contributed by atoms with Crippen molar-refractivity contribution in [2.45, 2.75) is 25.9 Å². The minimum atomic E-state index is -0.886. The van der Waals surface area contributed by atoms with E-state index in [0.717, 1.165) is 13.2 Å². The van der Waals surface area contributed by atoms with Gasteiger partial charge in [0.25, 0.3) is 8.53 Å². The second kappa shape index (κ2) is 3.99. The van der Waals surface area contributed by atoms with Crippen LogP contribution in [-0.4, -0.2) is 19.3 Å². The van der Waals surface area contributed by atoms with Gasteiger partial charge in [0.2, 0.25) is 0 Å². The van der Waals surface area contributed by atoms with Gasteiger partial charge in [-0.3, -0.25) is 0 Å². The van der Waals surface area contributed by atoms with Crippen LogP contribution in [0.1, 0.15) is 25.3 Å². The summed E-state index contributed by atoms with van der Waals surface area (Å²) < 4.78 is 14.0. The number of hydrogen-bond acceptors (Lipinski definition) is 3. The van der Waals surface area contributed by atoms with E-state index in [4.69, 9.17) is 9.05 Å². The molecule has 0 saturated carbocycles. The zero-order chi connectivity index (χ0) is 11.1. The summed E-state index contributed by atoms with van der Waals surface area (Å²) in [4.78, 5) is 0. The first-order valence-electron chi connectivity index (χ1n) is 5.72. The Morgan fingerprint density at radius 1 is 1.44 bits per heavy atom. The highest BCUT2D eigenvalue weighted by Gasteiger charge is 2.40. The van der Waals surface area contributed by atoms with Crippen LogP contribution in [0.4, 0.5) is 5.69 Å². The maximum Gasteiger partial charge on any atom is 0.290 e. The number of nitrogens with zero attached hydrogens (tertiary/aromatic N) is 1. The quantitative estimate of drug-likeness (QED) is 0.737. The van der Waals surface area contributed by atoms with Gasteiger partial charge in [-0.1, -0.05) is 18.2 Å². The smallest absolute Gasteiger partial charge is 0.290 e. The Bertz CT molecular complexity index is 396. The van der Waals surface area contributed by atoms with Gasteiger partial charge in [0.05, 0.1) is 12.7 Å². The third-order valence-electron chi connectivity index (χ3n) is 2.93. The third-order valence-corrected chi connectivity index (χ3v) is 4.68. The number of fused-ring (bicyclic) bond motifs is 5. The van der Waals surface area contributed by atoms with Gasteiger partial charge in [-0.25, -0.2) is 0 Å². The van der Waals surface area contributed by atoms with E-state index in [-0.39, 0.29) is 6.10 Å². The lowest BCUT2D eigenvalue weighted by Gasteiger charge is -2.32. The summed E-state index contributed by atoms with van der Waals surface area (Å²) in [6.45, 7) is 5.96. The van der Waals surface area contributed by atoms with Gasteiger partial charge in [0, 0.05) is 18.2 Å². The maximum atomic E-state index is 5.85. The summed E-state index contributed by atoms with van der Waals surface area (Å²) in [5, 5.41) is 0. The van der Waals surface area contributed by atoms with Crippen LogP contribution in [0.15, 0.2) is 24.3 Å². The highest BCUT2D eigenvalue weighted by atomic mass is 31.2. The van der Waals surface area contributed by atoms with Crippen molar-refractivity contribution in [1.82, 2.24) is 0 Å². The van der Waals surface area contributed by atoms with Gasteiger partial charge in [0.15, 0.2) is 0 Å². The molecule has 0 aliphatic carbocycles. The van der Waals surface area contributed by atoms with Gasteiger partial charge in [0.1, 0.15) is 0 Å². The van der Waals surface area contributed by atoms with Crippen LogP contribution in [0.2, 0.25) is 0 Å². The predicted octanol–water partition coefficient (Wildman–Crippen LogP) is 3.27. The molecule has 86 valence electrons. The first kappa shape index (κ1) is 10.5. The molecule has 0 amide bonds. The Morgan fingerprint density at radius 2 is 2.25 bits per heavy atom. The van der Waals surface area contributed by atoms with Crippen molar-refractivity contribution in [1.29, 1.82) is 0 Å². The Balaban J connectivity index is 1.90. The van der Waals surface area contributed by atoms with Crippen molar-refractivity contribution in [3.8, 4) is 0 Å². The van der Waals surface area contributed by atoms with Gasteiger partial charge >= 0.3 is 0 Å². The molecule has 1 fully saturated rings. The van der Waals surface area contributed by atoms with Gasteiger partial charge in [-0.15, -0.1) is 0 Å². The van der Waals surface area contributed by atoms with Crippen LogP contribution >= 0.6 is 8.53 Å². The van der Waals surface area contributed by atoms with Gasteiger partial charge in [-0.2, -0.15) is 0 Å². The second-order valence-corrected chi connectivity index (χ2v) is 5.95. The molecule has 1 unspecified atom stereocenters. The molecule has 4 heteroatoms. The third kappa shape index (κ3) is 1.64. The van der Waals surface area contributed by atoms with Crippen LogP contribution < -0.4 is 4.67 Å². The molecule has 2 aliphatic rings. The molecule has 1 aromatic carbocycles. The molecule has 2 bridgehead atoms. The summed E-state index contributed by atoms with van der Waals surface area (Å²) in [5.74, 6) is 0.533. The maximum absolute atomic E-state index is 5.85. The van der Waals surface area contributed by atoms with Crippen molar-refractivity contribution in [3.05, 3.63) is 29.8 Å². The second-order valence-electron chi connectivity index (χ2n) is 4.53. The molecule has 2 aliphatic heterocycles. The standard InChI is InChI=1S/C12H16NO2P/c1-9(2)15-16-13-7-10(8-14-16)11-5-3-4-6-12(11)13/h3-6,9-10H,7-8H2,1-2H3/t10-,16?/m0/s1. The van der Waals surface area contributed by atoms with Crippen LogP contribution in [-0.2, 0) is 9.05 Å². The van der Waals surface area contributed by atoms with E-state index in [0.29, 0.717) is 5.92 Å². The number of rotatable bonds is 2. The zero-order valence-electron chi connectivity index (χ0n) is 9.59.